The summed E-state index contributed by atoms with van der Waals surface area (Å²) in [5.41, 5.74) is -0.421. The maximum Gasteiger partial charge on any atom is 0.353 e. The van der Waals surface area contributed by atoms with Gasteiger partial charge in [-0.2, -0.15) is 0 Å². The van der Waals surface area contributed by atoms with E-state index in [9.17, 15) is 10.1 Å². The van der Waals surface area contributed by atoms with Crippen LogP contribution >= 0.6 is 15.9 Å². The molecule has 0 unspecified atom stereocenters. The quantitative estimate of drug-likeness (QED) is 0.465. The van der Waals surface area contributed by atoms with Gasteiger partial charge in [0.05, 0.1) is 4.92 Å². The fraction of sp³-hybridized carbons (Fsp3) is 0.333. The first-order valence-electron chi connectivity index (χ1n) is 4.12. The van der Waals surface area contributed by atoms with Crippen LogP contribution in [0.1, 0.15) is 18.6 Å². The first-order chi connectivity index (χ1) is 6.55. The van der Waals surface area contributed by atoms with Gasteiger partial charge in [-0.05, 0) is 6.07 Å². The van der Waals surface area contributed by atoms with Crippen LogP contribution in [-0.2, 0) is 4.74 Å². The lowest BCUT2D eigenvalue weighted by molar-refractivity contribution is -0.558. The Bertz CT molecular complexity index is 395. The molecule has 0 radical (unpaired) electrons. The molecule has 1 aliphatic heterocycles. The zero-order valence-electron chi connectivity index (χ0n) is 7.44. The highest BCUT2D eigenvalue weighted by molar-refractivity contribution is 9.10. The van der Waals surface area contributed by atoms with Crippen LogP contribution in [0.2, 0.25) is 0 Å². The van der Waals surface area contributed by atoms with Crippen LogP contribution in [0.15, 0.2) is 28.7 Å². The van der Waals surface area contributed by atoms with E-state index in [1.54, 1.807) is 0 Å². The van der Waals surface area contributed by atoms with Crippen molar-refractivity contribution in [1.29, 1.82) is 0 Å². The minimum absolute atomic E-state index is 0.392. The summed E-state index contributed by atoms with van der Waals surface area (Å²) in [5.74, 6) is 0. The molecule has 0 spiro atoms. The number of halogens is 1. The molecular weight excluding hydrogens is 250 g/mol. The largest absolute Gasteiger partial charge is 0.353 e. The molecule has 2 atom stereocenters. The molecule has 1 aromatic carbocycles. The molecule has 1 saturated heterocycles. The highest BCUT2D eigenvalue weighted by Crippen LogP contribution is 2.51. The SMILES string of the molecule is C[C@@]1([N+](=O)[O-])O[C@H]1c1ccccc1Br. The first kappa shape index (κ1) is 9.61. The monoisotopic (exact) mass is 257 g/mol. The van der Waals surface area contributed by atoms with E-state index in [1.165, 1.54) is 6.92 Å². The molecule has 1 fully saturated rings. The average Bonchev–Trinajstić information content (AvgIpc) is 2.80. The van der Waals surface area contributed by atoms with E-state index in [0.29, 0.717) is 0 Å². The van der Waals surface area contributed by atoms with Gasteiger partial charge < -0.3 is 0 Å². The molecule has 4 nitrogen and oxygen atoms in total. The van der Waals surface area contributed by atoms with Crippen LogP contribution in [0.4, 0.5) is 0 Å². The summed E-state index contributed by atoms with van der Waals surface area (Å²) in [4.78, 5) is 10.3. The van der Waals surface area contributed by atoms with Crippen LogP contribution in [0, 0.1) is 10.1 Å². The van der Waals surface area contributed by atoms with Crippen LogP contribution in [0.3, 0.4) is 0 Å². The van der Waals surface area contributed by atoms with Gasteiger partial charge in [0, 0.05) is 17.0 Å². The minimum Gasteiger partial charge on any atom is -0.294 e. The summed E-state index contributed by atoms with van der Waals surface area (Å²) < 4.78 is 5.95. The summed E-state index contributed by atoms with van der Waals surface area (Å²) in [5, 5.41) is 10.6. The van der Waals surface area contributed by atoms with E-state index in [4.69, 9.17) is 4.74 Å². The van der Waals surface area contributed by atoms with Gasteiger partial charge in [-0.15, -0.1) is 0 Å². The van der Waals surface area contributed by atoms with Gasteiger partial charge in [0.15, 0.2) is 6.10 Å². The van der Waals surface area contributed by atoms with E-state index in [-0.39, 0.29) is 0 Å². The fourth-order valence-electron chi connectivity index (χ4n) is 1.38. The van der Waals surface area contributed by atoms with Gasteiger partial charge in [0.1, 0.15) is 0 Å². The second kappa shape index (κ2) is 3.03. The third-order valence-electron chi connectivity index (χ3n) is 2.34. The minimum atomic E-state index is -1.25. The molecule has 74 valence electrons. The molecule has 0 saturated carbocycles. The molecule has 1 aromatic rings. The van der Waals surface area contributed by atoms with E-state index in [1.807, 2.05) is 24.3 Å². The van der Waals surface area contributed by atoms with Gasteiger partial charge in [-0.1, -0.05) is 34.1 Å². The number of ether oxygens (including phenoxy) is 1. The molecule has 1 heterocycles. The molecule has 14 heavy (non-hydrogen) atoms. The number of rotatable bonds is 2. The van der Waals surface area contributed by atoms with Gasteiger partial charge in [-0.3, -0.25) is 14.9 Å². The lowest BCUT2D eigenvalue weighted by Gasteiger charge is -1.99. The Hall–Kier alpha value is -0.940. The van der Waals surface area contributed by atoms with E-state index in [2.05, 4.69) is 15.9 Å². The topological polar surface area (TPSA) is 55.7 Å². The van der Waals surface area contributed by atoms with Crippen LogP contribution < -0.4 is 0 Å². The van der Waals surface area contributed by atoms with Crippen molar-refractivity contribution in [2.75, 3.05) is 0 Å². The number of benzene rings is 1. The molecule has 1 aliphatic rings. The maximum absolute atomic E-state index is 10.6. The third-order valence-corrected chi connectivity index (χ3v) is 3.06. The second-order valence-electron chi connectivity index (χ2n) is 3.33. The predicted molar refractivity (Wildman–Crippen MR) is 53.4 cm³/mol. The van der Waals surface area contributed by atoms with Crippen molar-refractivity contribution in [2.24, 2.45) is 0 Å². The van der Waals surface area contributed by atoms with Crippen molar-refractivity contribution in [2.45, 2.75) is 18.8 Å². The molecule has 0 bridgehead atoms. The Morgan fingerprint density at radius 1 is 1.57 bits per heavy atom. The zero-order chi connectivity index (χ0) is 10.3. The predicted octanol–water partition coefficient (Wildman–Crippen LogP) is 2.51. The zero-order valence-corrected chi connectivity index (χ0v) is 9.02. The normalized spacial score (nSPS) is 30.0. The number of nitrogens with zero attached hydrogens (tertiary/aromatic N) is 1. The van der Waals surface area contributed by atoms with Crippen molar-refractivity contribution >= 4 is 15.9 Å². The molecule has 0 aliphatic carbocycles. The van der Waals surface area contributed by atoms with Crippen LogP contribution in [-0.4, -0.2) is 10.6 Å². The van der Waals surface area contributed by atoms with Crippen molar-refractivity contribution in [3.63, 3.8) is 0 Å². The third kappa shape index (κ3) is 1.33. The van der Waals surface area contributed by atoms with Gasteiger partial charge in [-0.25, -0.2) is 0 Å². The molecule has 0 N–H and O–H groups in total. The Morgan fingerprint density at radius 3 is 2.71 bits per heavy atom. The molecule has 0 aromatic heterocycles. The van der Waals surface area contributed by atoms with E-state index < -0.39 is 16.8 Å². The summed E-state index contributed by atoms with van der Waals surface area (Å²) in [6, 6.07) is 7.36. The fourth-order valence-corrected chi connectivity index (χ4v) is 1.88. The van der Waals surface area contributed by atoms with Gasteiger partial charge >= 0.3 is 5.72 Å². The molecule has 5 heteroatoms. The standard InChI is InChI=1S/C9H8BrNO3/c1-9(11(12)13)8(14-9)6-4-2-3-5-7(6)10/h2-5,8H,1H3/t8-,9+/m0/s1. The molecule has 2 rings (SSSR count). The van der Waals surface area contributed by atoms with Gasteiger partial charge in [0.25, 0.3) is 0 Å². The smallest absolute Gasteiger partial charge is 0.294 e. The maximum atomic E-state index is 10.6. The Kier molecular flexibility index (Phi) is 2.08. The van der Waals surface area contributed by atoms with Gasteiger partial charge in [0.2, 0.25) is 0 Å². The molecule has 0 amide bonds. The second-order valence-corrected chi connectivity index (χ2v) is 4.19. The van der Waals surface area contributed by atoms with Crippen molar-refractivity contribution in [3.05, 3.63) is 44.4 Å². The highest BCUT2D eigenvalue weighted by Gasteiger charge is 2.66. The summed E-state index contributed by atoms with van der Waals surface area (Å²) in [6.45, 7) is 1.48. The first-order valence-corrected chi connectivity index (χ1v) is 4.92. The highest BCUT2D eigenvalue weighted by atomic mass is 79.9. The van der Waals surface area contributed by atoms with Crippen molar-refractivity contribution in [1.82, 2.24) is 0 Å². The summed E-state index contributed by atoms with van der Waals surface area (Å²) in [7, 11) is 0. The summed E-state index contributed by atoms with van der Waals surface area (Å²) in [6.07, 6.45) is -0.437. The van der Waals surface area contributed by atoms with Crippen LogP contribution in [0.25, 0.3) is 0 Å². The number of epoxide rings is 1. The summed E-state index contributed by atoms with van der Waals surface area (Å²) >= 11 is 3.34. The van der Waals surface area contributed by atoms with E-state index in [0.717, 1.165) is 10.0 Å². The number of nitro groups is 1. The average molecular weight is 258 g/mol. The lowest BCUT2D eigenvalue weighted by Crippen LogP contribution is -2.19. The van der Waals surface area contributed by atoms with E-state index >= 15 is 0 Å². The molecular formula is C9H8BrNO3. The van der Waals surface area contributed by atoms with Crippen LogP contribution in [0.5, 0.6) is 0 Å². The van der Waals surface area contributed by atoms with Crippen molar-refractivity contribution in [3.8, 4) is 0 Å². The lowest BCUT2D eigenvalue weighted by atomic mass is 10.1. The Labute approximate surface area is 89.2 Å². The Balaban J connectivity index is 2.29. The Morgan fingerprint density at radius 2 is 2.21 bits per heavy atom. The number of hydrogen-bond acceptors (Lipinski definition) is 3. The van der Waals surface area contributed by atoms with Crippen molar-refractivity contribution < 1.29 is 9.66 Å². The number of hydrogen-bond donors (Lipinski definition) is 0.